The first-order chi connectivity index (χ1) is 12.1. The van der Waals surface area contributed by atoms with E-state index in [0.29, 0.717) is 12.3 Å². The molecule has 3 heteroatoms. The first kappa shape index (κ1) is 17.6. The van der Waals surface area contributed by atoms with Crippen molar-refractivity contribution in [1.82, 2.24) is 5.48 Å². The van der Waals surface area contributed by atoms with Gasteiger partial charge in [-0.2, -0.15) is 0 Å². The van der Waals surface area contributed by atoms with Crippen molar-refractivity contribution in [3.05, 3.63) is 65.6 Å². The van der Waals surface area contributed by atoms with E-state index in [2.05, 4.69) is 62.7 Å². The lowest BCUT2D eigenvalue weighted by atomic mass is 9.82. The van der Waals surface area contributed by atoms with Crippen LogP contribution in [0.4, 0.5) is 0 Å². The molecule has 0 spiro atoms. The van der Waals surface area contributed by atoms with Gasteiger partial charge in [-0.05, 0) is 54.0 Å². The molecule has 0 radical (unpaired) electrons. The van der Waals surface area contributed by atoms with Crippen LogP contribution in [0.25, 0.3) is 11.1 Å². The first-order valence-corrected chi connectivity index (χ1v) is 9.05. The molecule has 0 saturated carbocycles. The van der Waals surface area contributed by atoms with Gasteiger partial charge in [-0.1, -0.05) is 42.5 Å². The predicted molar refractivity (Wildman–Crippen MR) is 100 cm³/mol. The Kier molecular flexibility index (Phi) is 5.44. The summed E-state index contributed by atoms with van der Waals surface area (Å²) < 4.78 is 0. The smallest absolute Gasteiger partial charge is 0.246 e. The minimum Gasteiger partial charge on any atom is -0.289 e. The van der Waals surface area contributed by atoms with E-state index in [1.54, 1.807) is 5.48 Å². The van der Waals surface area contributed by atoms with E-state index in [-0.39, 0.29) is 11.8 Å². The Balaban J connectivity index is 1.79. The Bertz CT molecular complexity index is 736. The molecule has 2 aromatic carbocycles. The Morgan fingerprint density at radius 2 is 1.92 bits per heavy atom. The van der Waals surface area contributed by atoms with Crippen LogP contribution in [-0.4, -0.2) is 11.1 Å². The number of fused-ring (bicyclic) bond motifs is 1. The summed E-state index contributed by atoms with van der Waals surface area (Å²) in [5, 5.41) is 8.87. The zero-order chi connectivity index (χ0) is 17.8. The highest BCUT2D eigenvalue weighted by atomic mass is 16.5. The molecule has 25 heavy (non-hydrogen) atoms. The monoisotopic (exact) mass is 336 g/mol. The van der Waals surface area contributed by atoms with Crippen molar-refractivity contribution in [2.24, 2.45) is 11.8 Å². The molecule has 1 amide bonds. The first-order valence-electron chi connectivity index (χ1n) is 9.05. The van der Waals surface area contributed by atoms with Gasteiger partial charge in [0.05, 0.1) is 19.3 Å². The Hall–Kier alpha value is -2.26. The van der Waals surface area contributed by atoms with Crippen LogP contribution in [0, 0.1) is 18.3 Å². The third-order valence-electron chi connectivity index (χ3n) is 5.33. The van der Waals surface area contributed by atoms with Crippen LogP contribution in [0.15, 0.2) is 42.5 Å². The van der Waals surface area contributed by atoms with Gasteiger partial charge in [0.25, 0.3) is 0 Å². The van der Waals surface area contributed by atoms with Gasteiger partial charge < -0.3 is 0 Å². The number of nitrogens with one attached hydrogen (secondary N) is 1. The largest absolute Gasteiger partial charge is 0.289 e. The third kappa shape index (κ3) is 4.05. The van der Waals surface area contributed by atoms with Crippen molar-refractivity contribution < 1.29 is 10.0 Å². The van der Waals surface area contributed by atoms with Gasteiger partial charge in [0, 0.05) is 12.3 Å². The Morgan fingerprint density at radius 3 is 2.60 bits per heavy atom. The average Bonchev–Trinajstić information content (AvgIpc) is 2.67. The summed E-state index contributed by atoms with van der Waals surface area (Å²) in [5.41, 5.74) is 8.07. The van der Waals surface area contributed by atoms with Crippen molar-refractivity contribution in [3.63, 3.8) is 0 Å². The minimum atomic E-state index is -0.276. The van der Waals surface area contributed by atoms with Gasteiger partial charge in [0.1, 0.15) is 0 Å². The van der Waals surface area contributed by atoms with Crippen LogP contribution in [0.2, 0.25) is 0 Å². The highest BCUT2D eigenvalue weighted by molar-refractivity contribution is 5.78. The van der Waals surface area contributed by atoms with Crippen LogP contribution in [-0.2, 0) is 24.1 Å². The molecule has 3 rings (SSSR count). The SMILES string of the molecule is C[CH+]C(C)Cc1ccc(-c2ccc3c(c2)CC(C(=O)NO)CC3)cc1. The highest BCUT2D eigenvalue weighted by Gasteiger charge is 2.24. The number of hydrogen-bond donors (Lipinski definition) is 2. The molecule has 2 atom stereocenters. The fourth-order valence-corrected chi connectivity index (χ4v) is 3.57. The van der Waals surface area contributed by atoms with Gasteiger partial charge in [0.15, 0.2) is 0 Å². The maximum atomic E-state index is 11.7. The lowest BCUT2D eigenvalue weighted by molar-refractivity contribution is -0.133. The van der Waals surface area contributed by atoms with Crippen molar-refractivity contribution in [3.8, 4) is 11.1 Å². The van der Waals surface area contributed by atoms with Gasteiger partial charge in [-0.3, -0.25) is 10.0 Å². The second-order valence-corrected chi connectivity index (χ2v) is 7.11. The Morgan fingerprint density at radius 1 is 1.20 bits per heavy atom. The molecule has 0 aliphatic heterocycles. The van der Waals surface area contributed by atoms with E-state index in [9.17, 15) is 4.79 Å². The van der Waals surface area contributed by atoms with E-state index in [1.807, 2.05) is 0 Å². The summed E-state index contributed by atoms with van der Waals surface area (Å²) in [4.78, 5) is 11.7. The number of hydrogen-bond acceptors (Lipinski definition) is 2. The molecule has 0 fully saturated rings. The predicted octanol–water partition coefficient (Wildman–Crippen LogP) is 4.37. The quantitative estimate of drug-likeness (QED) is 0.484. The molecule has 0 bridgehead atoms. The summed E-state index contributed by atoms with van der Waals surface area (Å²) in [5.74, 6) is 0.174. The van der Waals surface area contributed by atoms with Crippen LogP contribution in [0.1, 0.15) is 37.0 Å². The molecule has 2 unspecified atom stereocenters. The lowest BCUT2D eigenvalue weighted by Crippen LogP contribution is -2.31. The molecule has 1 aliphatic rings. The number of amides is 1. The van der Waals surface area contributed by atoms with Crippen LogP contribution >= 0.6 is 0 Å². The standard InChI is InChI=1S/C22H25NO2/c1-3-15(2)12-16-4-6-17(7-5-16)19-10-8-18-9-11-20(22(24)23-25)14-21(18)13-19/h3-8,10,13,15,20H,9,11-12,14H2,1-2H3,(H-,23,24,25)/p+1. The number of carbonyl (C=O) groups is 1. The van der Waals surface area contributed by atoms with Crippen LogP contribution < -0.4 is 5.48 Å². The minimum absolute atomic E-state index is 0.137. The summed E-state index contributed by atoms with van der Waals surface area (Å²) in [6, 6.07) is 15.3. The molecule has 2 N–H and O–H groups in total. The van der Waals surface area contributed by atoms with Gasteiger partial charge in [-0.25, -0.2) is 5.48 Å². The molecule has 2 aromatic rings. The summed E-state index contributed by atoms with van der Waals surface area (Å²) in [6.07, 6.45) is 5.67. The molecule has 1 aliphatic carbocycles. The molecule has 0 aromatic heterocycles. The van der Waals surface area contributed by atoms with Crippen LogP contribution in [0.5, 0.6) is 0 Å². The Labute approximate surface area is 150 Å². The molecular formula is C22H26NO2+. The maximum Gasteiger partial charge on any atom is 0.246 e. The molecule has 0 heterocycles. The average molecular weight is 336 g/mol. The highest BCUT2D eigenvalue weighted by Crippen LogP contribution is 2.30. The van der Waals surface area contributed by atoms with E-state index >= 15 is 0 Å². The molecule has 3 nitrogen and oxygen atoms in total. The van der Waals surface area contributed by atoms with E-state index in [1.165, 1.54) is 27.8 Å². The number of carbonyl (C=O) groups excluding carboxylic acids is 1. The van der Waals surface area contributed by atoms with Crippen molar-refractivity contribution in [1.29, 1.82) is 0 Å². The normalized spacial score (nSPS) is 17.5. The molecule has 130 valence electrons. The second kappa shape index (κ2) is 7.75. The van der Waals surface area contributed by atoms with Crippen LogP contribution in [0.3, 0.4) is 0 Å². The number of benzene rings is 2. The summed E-state index contributed by atoms with van der Waals surface area (Å²) >= 11 is 0. The number of hydroxylamine groups is 1. The number of rotatable bonds is 5. The lowest BCUT2D eigenvalue weighted by Gasteiger charge is -2.23. The molecular weight excluding hydrogens is 310 g/mol. The summed E-state index contributed by atoms with van der Waals surface area (Å²) in [7, 11) is 0. The fourth-order valence-electron chi connectivity index (χ4n) is 3.57. The summed E-state index contributed by atoms with van der Waals surface area (Å²) in [6.45, 7) is 4.34. The van der Waals surface area contributed by atoms with Crippen molar-refractivity contribution in [2.75, 3.05) is 0 Å². The second-order valence-electron chi connectivity index (χ2n) is 7.11. The van der Waals surface area contributed by atoms with E-state index in [0.717, 1.165) is 19.3 Å². The zero-order valence-corrected chi connectivity index (χ0v) is 15.0. The number of aryl methyl sites for hydroxylation is 1. The molecule has 0 saturated heterocycles. The van der Waals surface area contributed by atoms with E-state index < -0.39 is 0 Å². The van der Waals surface area contributed by atoms with Gasteiger partial charge in [0.2, 0.25) is 5.91 Å². The van der Waals surface area contributed by atoms with Gasteiger partial charge >= 0.3 is 0 Å². The zero-order valence-electron chi connectivity index (χ0n) is 15.0. The topological polar surface area (TPSA) is 49.3 Å². The van der Waals surface area contributed by atoms with Crippen molar-refractivity contribution >= 4 is 5.91 Å². The fraction of sp³-hybridized carbons (Fsp3) is 0.364. The maximum absolute atomic E-state index is 11.7. The van der Waals surface area contributed by atoms with Gasteiger partial charge in [-0.15, -0.1) is 0 Å². The third-order valence-corrected chi connectivity index (χ3v) is 5.33. The van der Waals surface area contributed by atoms with Crippen molar-refractivity contribution in [2.45, 2.75) is 39.5 Å². The van der Waals surface area contributed by atoms with E-state index in [4.69, 9.17) is 5.21 Å².